The van der Waals surface area contributed by atoms with E-state index in [1.54, 1.807) is 24.3 Å². The number of ether oxygens (including phenoxy) is 1. The van der Waals surface area contributed by atoms with Crippen LogP contribution in [0.4, 0.5) is 11.4 Å². The van der Waals surface area contributed by atoms with E-state index in [2.05, 4.69) is 43.8 Å². The Kier molecular flexibility index (Phi) is 8.02. The summed E-state index contributed by atoms with van der Waals surface area (Å²) in [6, 6.07) is 17.4. The minimum absolute atomic E-state index is 0.00777. The van der Waals surface area contributed by atoms with Crippen LogP contribution in [0.3, 0.4) is 0 Å². The second-order valence-electron chi connectivity index (χ2n) is 6.70. The number of nitro benzene ring substituents is 1. The summed E-state index contributed by atoms with van der Waals surface area (Å²) in [5.41, 5.74) is 1.75. The van der Waals surface area contributed by atoms with Gasteiger partial charge >= 0.3 is 0 Å². The second kappa shape index (κ2) is 10.9. The zero-order chi connectivity index (χ0) is 24.0. The number of amides is 1. The van der Waals surface area contributed by atoms with Gasteiger partial charge in [0.1, 0.15) is 29.7 Å². The van der Waals surface area contributed by atoms with Crippen LogP contribution in [0.5, 0.6) is 11.5 Å². The molecule has 1 amide bonds. The molecule has 0 aliphatic carbocycles. The molecule has 0 unspecified atom stereocenters. The summed E-state index contributed by atoms with van der Waals surface area (Å²) in [5, 5.41) is 32.1. The summed E-state index contributed by atoms with van der Waals surface area (Å²) in [6.45, 7) is 0.209. The minimum atomic E-state index is -0.576. The molecule has 3 aromatic carbocycles. The molecule has 0 saturated carbocycles. The molecule has 0 aliphatic rings. The van der Waals surface area contributed by atoms with E-state index in [1.165, 1.54) is 42.5 Å². The Morgan fingerprint density at radius 2 is 1.88 bits per heavy atom. The van der Waals surface area contributed by atoms with Gasteiger partial charge in [0.15, 0.2) is 0 Å². The van der Waals surface area contributed by atoms with Crippen LogP contribution in [0, 0.1) is 25.0 Å². The highest BCUT2D eigenvalue weighted by Crippen LogP contribution is 2.33. The first kappa shape index (κ1) is 24.2. The highest BCUT2D eigenvalue weighted by atomic mass is 127. The Morgan fingerprint density at radius 1 is 1.21 bits per heavy atom. The Labute approximate surface area is 210 Å². The van der Waals surface area contributed by atoms with Crippen LogP contribution in [0.2, 0.25) is 0 Å². The Bertz CT molecular complexity index is 1250. The smallest absolute Gasteiger partial charge is 0.269 e. The third kappa shape index (κ3) is 6.53. The standard InChI is InChI=1S/C23H15BrIN3O5/c24-20-10-15(9-16(12-26)23(30)27-17-3-7-19(29)8-4-17)11-21(25)22(20)33-13-14-1-5-18(6-2-14)28(31)32/h1-11,29H,13H2,(H,27,30)/b16-9+. The number of nitriles is 1. The Balaban J connectivity index is 1.74. The molecule has 0 atom stereocenters. The van der Waals surface area contributed by atoms with Crippen LogP contribution in [0.15, 0.2) is 70.7 Å². The molecule has 0 aromatic heterocycles. The SMILES string of the molecule is N#C/C(=C\c1cc(Br)c(OCc2ccc([N+](=O)[O-])cc2)c(I)c1)C(=O)Nc1ccc(O)cc1. The summed E-state index contributed by atoms with van der Waals surface area (Å²) in [7, 11) is 0. The fraction of sp³-hybridized carbons (Fsp3) is 0.0435. The molecule has 0 saturated heterocycles. The maximum atomic E-state index is 12.5. The number of anilines is 1. The molecule has 0 radical (unpaired) electrons. The first-order valence-electron chi connectivity index (χ1n) is 9.34. The summed E-state index contributed by atoms with van der Waals surface area (Å²) in [4.78, 5) is 22.8. The highest BCUT2D eigenvalue weighted by molar-refractivity contribution is 14.1. The van der Waals surface area contributed by atoms with Gasteiger partial charge in [-0.25, -0.2) is 0 Å². The van der Waals surface area contributed by atoms with E-state index in [9.17, 15) is 25.3 Å². The Hall–Kier alpha value is -3.43. The van der Waals surface area contributed by atoms with Crippen molar-refractivity contribution in [3.8, 4) is 17.6 Å². The van der Waals surface area contributed by atoms with Crippen molar-refractivity contribution in [1.82, 2.24) is 0 Å². The largest absolute Gasteiger partial charge is 0.508 e. The van der Waals surface area contributed by atoms with E-state index < -0.39 is 10.8 Å². The van der Waals surface area contributed by atoms with E-state index in [0.717, 1.165) is 9.13 Å². The van der Waals surface area contributed by atoms with E-state index in [4.69, 9.17) is 4.74 Å². The number of nitrogens with zero attached hydrogens (tertiary/aromatic N) is 2. The third-order valence-electron chi connectivity index (χ3n) is 4.35. The van der Waals surface area contributed by atoms with Crippen molar-refractivity contribution >= 4 is 61.9 Å². The van der Waals surface area contributed by atoms with Crippen molar-refractivity contribution in [3.63, 3.8) is 0 Å². The number of aromatic hydroxyl groups is 1. The lowest BCUT2D eigenvalue weighted by molar-refractivity contribution is -0.384. The number of rotatable bonds is 7. The lowest BCUT2D eigenvalue weighted by atomic mass is 10.1. The number of halogens is 2. The molecule has 0 aliphatic heterocycles. The van der Waals surface area contributed by atoms with Gasteiger partial charge in [-0.2, -0.15) is 5.26 Å². The Morgan fingerprint density at radius 3 is 2.45 bits per heavy atom. The van der Waals surface area contributed by atoms with Crippen LogP contribution in [-0.4, -0.2) is 15.9 Å². The molecular weight excluding hydrogens is 605 g/mol. The molecule has 166 valence electrons. The monoisotopic (exact) mass is 619 g/mol. The van der Waals surface area contributed by atoms with Crippen molar-refractivity contribution in [2.75, 3.05) is 5.32 Å². The normalized spacial score (nSPS) is 10.9. The third-order valence-corrected chi connectivity index (χ3v) is 5.74. The van der Waals surface area contributed by atoms with Crippen molar-refractivity contribution in [3.05, 3.63) is 95.5 Å². The number of non-ortho nitro benzene ring substituents is 1. The second-order valence-corrected chi connectivity index (χ2v) is 8.71. The van der Waals surface area contributed by atoms with Gasteiger partial charge in [-0.05, 0) is 104 Å². The van der Waals surface area contributed by atoms with Crippen molar-refractivity contribution < 1.29 is 19.6 Å². The van der Waals surface area contributed by atoms with Gasteiger partial charge in [-0.1, -0.05) is 0 Å². The minimum Gasteiger partial charge on any atom is -0.508 e. The van der Waals surface area contributed by atoms with E-state index in [0.29, 0.717) is 21.5 Å². The van der Waals surface area contributed by atoms with Gasteiger partial charge in [-0.15, -0.1) is 0 Å². The highest BCUT2D eigenvalue weighted by Gasteiger charge is 2.13. The molecule has 3 rings (SSSR count). The number of phenolic OH excluding ortho intramolecular Hbond substituents is 1. The van der Waals surface area contributed by atoms with Crippen molar-refractivity contribution in [2.24, 2.45) is 0 Å². The first-order chi connectivity index (χ1) is 15.8. The van der Waals surface area contributed by atoms with E-state index in [1.807, 2.05) is 6.07 Å². The van der Waals surface area contributed by atoms with E-state index >= 15 is 0 Å². The number of carbonyl (C=O) groups excluding carboxylic acids is 1. The van der Waals surface area contributed by atoms with Gasteiger partial charge < -0.3 is 15.2 Å². The zero-order valence-corrected chi connectivity index (χ0v) is 20.5. The summed E-state index contributed by atoms with van der Waals surface area (Å²) in [6.07, 6.45) is 1.46. The number of nitro groups is 1. The van der Waals surface area contributed by atoms with Crippen molar-refractivity contribution in [2.45, 2.75) is 6.61 Å². The lowest BCUT2D eigenvalue weighted by Gasteiger charge is -2.12. The lowest BCUT2D eigenvalue weighted by Crippen LogP contribution is -2.13. The molecule has 0 fully saturated rings. The predicted molar refractivity (Wildman–Crippen MR) is 135 cm³/mol. The fourth-order valence-electron chi connectivity index (χ4n) is 2.73. The van der Waals surface area contributed by atoms with Gasteiger partial charge in [0.25, 0.3) is 11.6 Å². The molecule has 0 spiro atoms. The van der Waals surface area contributed by atoms with Crippen LogP contribution < -0.4 is 10.1 Å². The van der Waals surface area contributed by atoms with Gasteiger partial charge in [-0.3, -0.25) is 14.9 Å². The number of carbonyl (C=O) groups is 1. The molecular formula is C23H15BrIN3O5. The quantitative estimate of drug-likeness (QED) is 0.0861. The molecule has 0 heterocycles. The number of benzene rings is 3. The predicted octanol–water partition coefficient (Wildman–Crippen LogP) is 5.79. The molecule has 10 heteroatoms. The van der Waals surface area contributed by atoms with Crippen LogP contribution in [-0.2, 0) is 11.4 Å². The summed E-state index contributed by atoms with van der Waals surface area (Å²) in [5.74, 6) is 0.0605. The van der Waals surface area contributed by atoms with Gasteiger partial charge in [0, 0.05) is 17.8 Å². The number of hydrogen-bond donors (Lipinski definition) is 2. The first-order valence-corrected chi connectivity index (χ1v) is 11.2. The molecule has 3 aromatic rings. The van der Waals surface area contributed by atoms with Gasteiger partial charge in [0.2, 0.25) is 0 Å². The number of nitrogens with one attached hydrogen (secondary N) is 1. The fourth-order valence-corrected chi connectivity index (χ4v) is 4.50. The topological polar surface area (TPSA) is 125 Å². The number of phenols is 1. The van der Waals surface area contributed by atoms with Gasteiger partial charge in [0.05, 0.1) is 13.0 Å². The van der Waals surface area contributed by atoms with E-state index in [-0.39, 0.29) is 23.6 Å². The maximum absolute atomic E-state index is 12.5. The average Bonchev–Trinajstić information content (AvgIpc) is 2.78. The van der Waals surface area contributed by atoms with Crippen LogP contribution in [0.1, 0.15) is 11.1 Å². The molecule has 33 heavy (non-hydrogen) atoms. The van der Waals surface area contributed by atoms with Crippen molar-refractivity contribution in [1.29, 1.82) is 5.26 Å². The maximum Gasteiger partial charge on any atom is 0.269 e. The molecule has 0 bridgehead atoms. The average molecular weight is 620 g/mol. The van der Waals surface area contributed by atoms with Crippen LogP contribution >= 0.6 is 38.5 Å². The van der Waals surface area contributed by atoms with Crippen LogP contribution in [0.25, 0.3) is 6.08 Å². The summed E-state index contributed by atoms with van der Waals surface area (Å²) < 4.78 is 7.23. The number of hydrogen-bond acceptors (Lipinski definition) is 6. The molecule has 8 nitrogen and oxygen atoms in total. The molecule has 2 N–H and O–H groups in total. The zero-order valence-electron chi connectivity index (χ0n) is 16.8. The summed E-state index contributed by atoms with van der Waals surface area (Å²) >= 11 is 5.54.